The lowest BCUT2D eigenvalue weighted by Gasteiger charge is -2.09. The summed E-state index contributed by atoms with van der Waals surface area (Å²) in [5.41, 5.74) is 1.72. The van der Waals surface area contributed by atoms with Crippen LogP contribution >= 0.6 is 11.6 Å². The molecule has 0 aliphatic carbocycles. The molecule has 0 fully saturated rings. The van der Waals surface area contributed by atoms with Crippen LogP contribution in [-0.4, -0.2) is 10.9 Å². The molecule has 1 aromatic carbocycles. The number of carbonyl (C=O) groups is 1. The SMILES string of the molecule is CC(C)C(=O)Nc1ccc(Nc2cccc(Cl)c2)cn1. The topological polar surface area (TPSA) is 54.0 Å². The highest BCUT2D eigenvalue weighted by Crippen LogP contribution is 2.20. The zero-order chi connectivity index (χ0) is 14.5. The van der Waals surface area contributed by atoms with Gasteiger partial charge in [0.25, 0.3) is 0 Å². The summed E-state index contributed by atoms with van der Waals surface area (Å²) in [6, 6.07) is 11.0. The maximum Gasteiger partial charge on any atom is 0.228 e. The molecular formula is C15H16ClN3O. The van der Waals surface area contributed by atoms with E-state index in [4.69, 9.17) is 11.6 Å². The Labute approximate surface area is 123 Å². The molecule has 104 valence electrons. The molecule has 1 heterocycles. The number of nitrogens with one attached hydrogen (secondary N) is 2. The van der Waals surface area contributed by atoms with Gasteiger partial charge in [-0.15, -0.1) is 0 Å². The number of hydrogen-bond donors (Lipinski definition) is 2. The first-order valence-corrected chi connectivity index (χ1v) is 6.72. The molecule has 0 unspecified atom stereocenters. The van der Waals surface area contributed by atoms with E-state index >= 15 is 0 Å². The molecule has 0 saturated carbocycles. The summed E-state index contributed by atoms with van der Waals surface area (Å²) < 4.78 is 0. The zero-order valence-electron chi connectivity index (χ0n) is 11.4. The number of halogens is 1. The van der Waals surface area contributed by atoms with Crippen molar-refractivity contribution >= 4 is 34.7 Å². The van der Waals surface area contributed by atoms with Crippen LogP contribution in [0.25, 0.3) is 0 Å². The van der Waals surface area contributed by atoms with Crippen LogP contribution in [0, 0.1) is 5.92 Å². The van der Waals surface area contributed by atoms with E-state index in [2.05, 4.69) is 15.6 Å². The van der Waals surface area contributed by atoms with Crippen LogP contribution < -0.4 is 10.6 Å². The number of hydrogen-bond acceptors (Lipinski definition) is 3. The maximum atomic E-state index is 11.5. The van der Waals surface area contributed by atoms with Gasteiger partial charge < -0.3 is 10.6 Å². The van der Waals surface area contributed by atoms with E-state index in [1.165, 1.54) is 0 Å². The van der Waals surface area contributed by atoms with Gasteiger partial charge in [-0.3, -0.25) is 4.79 Å². The summed E-state index contributed by atoms with van der Waals surface area (Å²) >= 11 is 5.92. The molecule has 2 N–H and O–H groups in total. The number of aromatic nitrogens is 1. The average molecular weight is 290 g/mol. The number of carbonyl (C=O) groups excluding carboxylic acids is 1. The van der Waals surface area contributed by atoms with Gasteiger partial charge in [0.15, 0.2) is 0 Å². The van der Waals surface area contributed by atoms with Crippen molar-refractivity contribution < 1.29 is 4.79 Å². The molecule has 0 radical (unpaired) electrons. The number of benzene rings is 1. The maximum absolute atomic E-state index is 11.5. The second-order valence-corrected chi connectivity index (χ2v) is 5.15. The summed E-state index contributed by atoms with van der Waals surface area (Å²) in [6.07, 6.45) is 1.66. The van der Waals surface area contributed by atoms with Gasteiger partial charge in [0, 0.05) is 16.6 Å². The van der Waals surface area contributed by atoms with Crippen molar-refractivity contribution in [3.63, 3.8) is 0 Å². The van der Waals surface area contributed by atoms with Gasteiger partial charge in [0.05, 0.1) is 11.9 Å². The van der Waals surface area contributed by atoms with Crippen LogP contribution in [0.15, 0.2) is 42.6 Å². The third-order valence-electron chi connectivity index (χ3n) is 2.65. The normalized spacial score (nSPS) is 10.4. The second-order valence-electron chi connectivity index (χ2n) is 4.71. The Hall–Kier alpha value is -2.07. The van der Waals surface area contributed by atoms with Crippen molar-refractivity contribution in [2.24, 2.45) is 5.92 Å². The lowest BCUT2D eigenvalue weighted by atomic mass is 10.2. The van der Waals surface area contributed by atoms with E-state index in [9.17, 15) is 4.79 Å². The predicted molar refractivity (Wildman–Crippen MR) is 82.4 cm³/mol. The molecule has 1 aromatic heterocycles. The second kappa shape index (κ2) is 6.39. The third-order valence-corrected chi connectivity index (χ3v) is 2.89. The van der Waals surface area contributed by atoms with Crippen LogP contribution in [0.3, 0.4) is 0 Å². The van der Waals surface area contributed by atoms with Crippen LogP contribution in [-0.2, 0) is 4.79 Å². The first kappa shape index (κ1) is 14.3. The Morgan fingerprint density at radius 3 is 2.60 bits per heavy atom. The predicted octanol–water partition coefficient (Wildman–Crippen LogP) is 4.07. The van der Waals surface area contributed by atoms with Gasteiger partial charge in [0.1, 0.15) is 5.82 Å². The quantitative estimate of drug-likeness (QED) is 0.892. The van der Waals surface area contributed by atoms with E-state index in [0.717, 1.165) is 11.4 Å². The molecule has 2 aromatic rings. The van der Waals surface area contributed by atoms with Gasteiger partial charge in [-0.1, -0.05) is 31.5 Å². The first-order chi connectivity index (χ1) is 9.54. The highest BCUT2D eigenvalue weighted by molar-refractivity contribution is 6.30. The lowest BCUT2D eigenvalue weighted by molar-refractivity contribution is -0.118. The van der Waals surface area contributed by atoms with Crippen molar-refractivity contribution in [3.8, 4) is 0 Å². The van der Waals surface area contributed by atoms with Gasteiger partial charge >= 0.3 is 0 Å². The molecule has 0 spiro atoms. The van der Waals surface area contributed by atoms with Crippen molar-refractivity contribution in [1.29, 1.82) is 0 Å². The van der Waals surface area contributed by atoms with E-state index in [0.29, 0.717) is 10.8 Å². The Morgan fingerprint density at radius 2 is 2.00 bits per heavy atom. The molecule has 2 rings (SSSR count). The molecule has 0 saturated heterocycles. The van der Waals surface area contributed by atoms with Crippen LogP contribution in [0.4, 0.5) is 17.2 Å². The minimum Gasteiger partial charge on any atom is -0.354 e. The Balaban J connectivity index is 2.03. The summed E-state index contributed by atoms with van der Waals surface area (Å²) in [5.74, 6) is 0.425. The lowest BCUT2D eigenvalue weighted by Crippen LogP contribution is -2.18. The van der Waals surface area contributed by atoms with Crippen LogP contribution in [0.1, 0.15) is 13.8 Å². The first-order valence-electron chi connectivity index (χ1n) is 6.34. The van der Waals surface area contributed by atoms with E-state index < -0.39 is 0 Å². The number of amides is 1. The standard InChI is InChI=1S/C15H16ClN3O/c1-10(2)15(20)19-14-7-6-13(9-17-14)18-12-5-3-4-11(16)8-12/h3-10,18H,1-2H3,(H,17,19,20). The smallest absolute Gasteiger partial charge is 0.228 e. The minimum absolute atomic E-state index is 0.0481. The summed E-state index contributed by atoms with van der Waals surface area (Å²) in [4.78, 5) is 15.7. The van der Waals surface area contributed by atoms with Gasteiger partial charge in [-0.05, 0) is 30.3 Å². The van der Waals surface area contributed by atoms with Gasteiger partial charge in [-0.25, -0.2) is 4.98 Å². The van der Waals surface area contributed by atoms with Crippen molar-refractivity contribution in [1.82, 2.24) is 4.98 Å². The molecule has 0 aliphatic rings. The number of rotatable bonds is 4. The minimum atomic E-state index is -0.0685. The molecule has 0 atom stereocenters. The monoisotopic (exact) mass is 289 g/mol. The number of pyridine rings is 1. The van der Waals surface area contributed by atoms with Gasteiger partial charge in [0.2, 0.25) is 5.91 Å². The average Bonchev–Trinajstić information content (AvgIpc) is 2.41. The van der Waals surface area contributed by atoms with E-state index in [-0.39, 0.29) is 11.8 Å². The molecule has 5 heteroatoms. The molecular weight excluding hydrogens is 274 g/mol. The summed E-state index contributed by atoms with van der Waals surface area (Å²) in [7, 11) is 0. The fourth-order valence-electron chi connectivity index (χ4n) is 1.55. The van der Waals surface area contributed by atoms with Crippen molar-refractivity contribution in [2.45, 2.75) is 13.8 Å². The third kappa shape index (κ3) is 3.96. The van der Waals surface area contributed by atoms with Crippen molar-refractivity contribution in [3.05, 3.63) is 47.6 Å². The summed E-state index contributed by atoms with van der Waals surface area (Å²) in [6.45, 7) is 3.68. The molecule has 20 heavy (non-hydrogen) atoms. The highest BCUT2D eigenvalue weighted by atomic mass is 35.5. The molecule has 4 nitrogen and oxygen atoms in total. The van der Waals surface area contributed by atoms with Crippen LogP contribution in [0.2, 0.25) is 5.02 Å². The Morgan fingerprint density at radius 1 is 1.20 bits per heavy atom. The number of nitrogens with zero attached hydrogens (tertiary/aromatic N) is 1. The fraction of sp³-hybridized carbons (Fsp3) is 0.200. The van der Waals surface area contributed by atoms with E-state index in [1.54, 1.807) is 12.3 Å². The van der Waals surface area contributed by atoms with E-state index in [1.807, 2.05) is 44.2 Å². The summed E-state index contributed by atoms with van der Waals surface area (Å²) in [5, 5.41) is 6.60. The zero-order valence-corrected chi connectivity index (χ0v) is 12.1. The molecule has 1 amide bonds. The van der Waals surface area contributed by atoms with Gasteiger partial charge in [-0.2, -0.15) is 0 Å². The highest BCUT2D eigenvalue weighted by Gasteiger charge is 2.07. The van der Waals surface area contributed by atoms with Crippen molar-refractivity contribution in [2.75, 3.05) is 10.6 Å². The fourth-order valence-corrected chi connectivity index (χ4v) is 1.74. The molecule has 0 bridgehead atoms. The Kier molecular flexibility index (Phi) is 4.58. The number of anilines is 3. The Bertz CT molecular complexity index is 596. The molecule has 0 aliphatic heterocycles. The largest absolute Gasteiger partial charge is 0.354 e. The van der Waals surface area contributed by atoms with Crippen LogP contribution in [0.5, 0.6) is 0 Å².